The van der Waals surface area contributed by atoms with E-state index in [2.05, 4.69) is 46.5 Å². The van der Waals surface area contributed by atoms with Crippen LogP contribution in [-0.2, 0) is 17.6 Å². The molecule has 0 bridgehead atoms. The Morgan fingerprint density at radius 1 is 0.800 bits per heavy atom. The van der Waals surface area contributed by atoms with Crippen LogP contribution in [0, 0.1) is 6.92 Å². The Morgan fingerprint density at radius 2 is 1.37 bits per heavy atom. The van der Waals surface area contributed by atoms with Crippen LogP contribution in [0.3, 0.4) is 0 Å². The average molecular weight is 469 g/mol. The van der Waals surface area contributed by atoms with Crippen molar-refractivity contribution in [3.8, 4) is 5.75 Å². The summed E-state index contributed by atoms with van der Waals surface area (Å²) in [6, 6.07) is 23.2. The molecule has 3 aromatic carbocycles. The standard InChI is InChI=1S/C28H28N4O3/c1-4-35-27(33)22-11-13-23(14-12-22)29-28-31-25(17-20-7-5-19(2)6-8-20)30-26(32-28)18-21-9-15-24(34-3)16-10-21/h5-16H,4,17-18H2,1-3H3,(H,29,30,31,32). The predicted molar refractivity (Wildman–Crippen MR) is 135 cm³/mol. The lowest BCUT2D eigenvalue weighted by atomic mass is 10.1. The molecule has 4 aromatic rings. The first-order valence-corrected chi connectivity index (χ1v) is 11.5. The van der Waals surface area contributed by atoms with Crippen LogP contribution in [0.1, 0.15) is 45.6 Å². The smallest absolute Gasteiger partial charge is 0.338 e. The summed E-state index contributed by atoms with van der Waals surface area (Å²) in [5.74, 6) is 2.25. The number of aryl methyl sites for hydroxylation is 1. The summed E-state index contributed by atoms with van der Waals surface area (Å²) in [5, 5.41) is 3.25. The molecule has 35 heavy (non-hydrogen) atoms. The summed E-state index contributed by atoms with van der Waals surface area (Å²) in [5.41, 5.74) is 4.66. The van der Waals surface area contributed by atoms with E-state index in [4.69, 9.17) is 14.5 Å². The first-order valence-electron chi connectivity index (χ1n) is 11.5. The fourth-order valence-corrected chi connectivity index (χ4v) is 3.53. The molecule has 0 spiro atoms. The second-order valence-corrected chi connectivity index (χ2v) is 8.10. The number of nitrogens with one attached hydrogen (secondary N) is 1. The Labute approximate surface area is 205 Å². The molecule has 7 heteroatoms. The van der Waals surface area contributed by atoms with Crippen molar-refractivity contribution in [3.05, 3.63) is 107 Å². The zero-order valence-electron chi connectivity index (χ0n) is 20.1. The Balaban J connectivity index is 1.59. The Bertz CT molecular complexity index is 1270. The van der Waals surface area contributed by atoms with Crippen molar-refractivity contribution in [3.63, 3.8) is 0 Å². The van der Waals surface area contributed by atoms with Gasteiger partial charge in [0.15, 0.2) is 0 Å². The maximum atomic E-state index is 11.9. The van der Waals surface area contributed by atoms with Gasteiger partial charge in [-0.05, 0) is 61.4 Å². The number of hydrogen-bond acceptors (Lipinski definition) is 7. The molecule has 0 radical (unpaired) electrons. The van der Waals surface area contributed by atoms with Crippen molar-refractivity contribution >= 4 is 17.6 Å². The van der Waals surface area contributed by atoms with Crippen molar-refractivity contribution in [2.24, 2.45) is 0 Å². The highest BCUT2D eigenvalue weighted by Crippen LogP contribution is 2.18. The van der Waals surface area contributed by atoms with Gasteiger partial charge in [-0.15, -0.1) is 0 Å². The van der Waals surface area contributed by atoms with E-state index in [0.29, 0.717) is 42.6 Å². The monoisotopic (exact) mass is 468 g/mol. The summed E-state index contributed by atoms with van der Waals surface area (Å²) in [6.07, 6.45) is 1.15. The number of carbonyl (C=O) groups is 1. The van der Waals surface area contributed by atoms with E-state index in [1.807, 2.05) is 24.3 Å². The topological polar surface area (TPSA) is 86.2 Å². The highest BCUT2D eigenvalue weighted by Gasteiger charge is 2.11. The number of aromatic nitrogens is 3. The van der Waals surface area contributed by atoms with E-state index in [1.54, 1.807) is 38.3 Å². The average Bonchev–Trinajstić information content (AvgIpc) is 2.86. The molecule has 0 atom stereocenters. The van der Waals surface area contributed by atoms with Gasteiger partial charge in [0.25, 0.3) is 0 Å². The maximum absolute atomic E-state index is 11.9. The molecule has 0 aliphatic carbocycles. The summed E-state index contributed by atoms with van der Waals surface area (Å²) in [4.78, 5) is 26.0. The van der Waals surface area contributed by atoms with Gasteiger partial charge in [0.1, 0.15) is 17.4 Å². The van der Waals surface area contributed by atoms with Gasteiger partial charge in [-0.2, -0.15) is 9.97 Å². The summed E-state index contributed by atoms with van der Waals surface area (Å²) in [7, 11) is 1.65. The number of hydrogen-bond donors (Lipinski definition) is 1. The Kier molecular flexibility index (Phi) is 7.67. The highest BCUT2D eigenvalue weighted by molar-refractivity contribution is 5.89. The van der Waals surface area contributed by atoms with Crippen LogP contribution < -0.4 is 10.1 Å². The summed E-state index contributed by atoms with van der Waals surface area (Å²) >= 11 is 0. The molecule has 0 fully saturated rings. The van der Waals surface area contributed by atoms with Gasteiger partial charge in [0.2, 0.25) is 5.95 Å². The molecular weight excluding hydrogens is 440 g/mol. The fourth-order valence-electron chi connectivity index (χ4n) is 3.53. The Hall–Kier alpha value is -4.26. The van der Waals surface area contributed by atoms with Gasteiger partial charge in [0, 0.05) is 18.5 Å². The van der Waals surface area contributed by atoms with Gasteiger partial charge in [-0.3, -0.25) is 0 Å². The molecule has 1 heterocycles. The van der Waals surface area contributed by atoms with Crippen LogP contribution in [0.2, 0.25) is 0 Å². The molecule has 7 nitrogen and oxygen atoms in total. The normalized spacial score (nSPS) is 10.6. The third-order valence-corrected chi connectivity index (χ3v) is 5.38. The first kappa shape index (κ1) is 23.9. The molecule has 0 saturated carbocycles. The van der Waals surface area contributed by atoms with Crippen molar-refractivity contribution in [2.45, 2.75) is 26.7 Å². The maximum Gasteiger partial charge on any atom is 0.338 e. The van der Waals surface area contributed by atoms with E-state index in [-0.39, 0.29) is 5.97 Å². The lowest BCUT2D eigenvalue weighted by Gasteiger charge is -2.10. The number of esters is 1. The zero-order chi connectivity index (χ0) is 24.6. The van der Waals surface area contributed by atoms with E-state index in [9.17, 15) is 4.79 Å². The molecule has 0 unspecified atom stereocenters. The van der Waals surface area contributed by atoms with Gasteiger partial charge < -0.3 is 14.8 Å². The van der Waals surface area contributed by atoms with Gasteiger partial charge in [0.05, 0.1) is 19.3 Å². The van der Waals surface area contributed by atoms with Crippen molar-refractivity contribution < 1.29 is 14.3 Å². The Morgan fingerprint density at radius 3 is 1.91 bits per heavy atom. The number of rotatable bonds is 9. The number of ether oxygens (including phenoxy) is 2. The minimum Gasteiger partial charge on any atom is -0.497 e. The summed E-state index contributed by atoms with van der Waals surface area (Å²) in [6.45, 7) is 4.19. The lowest BCUT2D eigenvalue weighted by Crippen LogP contribution is -2.09. The number of methoxy groups -OCH3 is 1. The number of nitrogens with zero attached hydrogens (tertiary/aromatic N) is 3. The predicted octanol–water partition coefficient (Wildman–Crippen LogP) is 5.29. The molecular formula is C28H28N4O3. The van der Waals surface area contributed by atoms with Crippen LogP contribution in [0.4, 0.5) is 11.6 Å². The van der Waals surface area contributed by atoms with Gasteiger partial charge in [-0.1, -0.05) is 42.0 Å². The molecule has 1 aromatic heterocycles. The third kappa shape index (κ3) is 6.63. The van der Waals surface area contributed by atoms with Gasteiger partial charge in [-0.25, -0.2) is 9.78 Å². The SMILES string of the molecule is CCOC(=O)c1ccc(Nc2nc(Cc3ccc(C)cc3)nc(Cc3ccc(OC)cc3)n2)cc1. The van der Waals surface area contributed by atoms with Crippen LogP contribution in [0.5, 0.6) is 5.75 Å². The molecule has 0 amide bonds. The van der Waals surface area contributed by atoms with Crippen molar-refractivity contribution in [1.29, 1.82) is 0 Å². The second kappa shape index (κ2) is 11.2. The third-order valence-electron chi connectivity index (χ3n) is 5.38. The lowest BCUT2D eigenvalue weighted by molar-refractivity contribution is 0.0526. The van der Waals surface area contributed by atoms with Crippen LogP contribution in [0.25, 0.3) is 0 Å². The molecule has 4 rings (SSSR count). The number of benzene rings is 3. The quantitative estimate of drug-likeness (QED) is 0.334. The molecule has 178 valence electrons. The van der Waals surface area contributed by atoms with E-state index < -0.39 is 0 Å². The highest BCUT2D eigenvalue weighted by atomic mass is 16.5. The molecule has 0 aliphatic rings. The van der Waals surface area contributed by atoms with Gasteiger partial charge >= 0.3 is 5.97 Å². The molecule has 0 saturated heterocycles. The number of carbonyl (C=O) groups excluding carboxylic acids is 1. The van der Waals surface area contributed by atoms with Crippen molar-refractivity contribution in [1.82, 2.24) is 15.0 Å². The largest absolute Gasteiger partial charge is 0.497 e. The van der Waals surface area contributed by atoms with Crippen LogP contribution in [-0.4, -0.2) is 34.6 Å². The zero-order valence-corrected chi connectivity index (χ0v) is 20.1. The van der Waals surface area contributed by atoms with Crippen LogP contribution >= 0.6 is 0 Å². The number of anilines is 2. The first-order chi connectivity index (χ1) is 17.0. The minimum atomic E-state index is -0.346. The second-order valence-electron chi connectivity index (χ2n) is 8.10. The molecule has 1 N–H and O–H groups in total. The summed E-state index contributed by atoms with van der Waals surface area (Å²) < 4.78 is 10.3. The van der Waals surface area contributed by atoms with E-state index in [0.717, 1.165) is 22.6 Å². The fraction of sp³-hybridized carbons (Fsp3) is 0.214. The molecule has 0 aliphatic heterocycles. The van der Waals surface area contributed by atoms with Crippen LogP contribution in [0.15, 0.2) is 72.8 Å². The van der Waals surface area contributed by atoms with Crippen molar-refractivity contribution in [2.75, 3.05) is 19.0 Å². The minimum absolute atomic E-state index is 0.338. The van der Waals surface area contributed by atoms with E-state index in [1.165, 1.54) is 5.56 Å². The van der Waals surface area contributed by atoms with E-state index >= 15 is 0 Å².